The van der Waals surface area contributed by atoms with Crippen molar-refractivity contribution in [1.29, 1.82) is 0 Å². The van der Waals surface area contributed by atoms with Gasteiger partial charge >= 0.3 is 6.36 Å². The summed E-state index contributed by atoms with van der Waals surface area (Å²) >= 11 is 0. The van der Waals surface area contributed by atoms with Crippen molar-refractivity contribution in [3.8, 4) is 0 Å². The number of halogens is 3. The molecule has 0 saturated carbocycles. The maximum Gasteiger partial charge on any atom is 0.522 e. The molecule has 0 amide bonds. The molecule has 6 heteroatoms. The van der Waals surface area contributed by atoms with Crippen LogP contribution in [0.2, 0.25) is 0 Å². The topological polar surface area (TPSA) is 38.5 Å². The van der Waals surface area contributed by atoms with Gasteiger partial charge in [-0.2, -0.15) is 0 Å². The lowest BCUT2D eigenvalue weighted by atomic mass is 10.0. The van der Waals surface area contributed by atoms with Gasteiger partial charge in [0.2, 0.25) is 0 Å². The maximum absolute atomic E-state index is 11.6. The Hall–Kier alpha value is -0.330. The Labute approximate surface area is 81.0 Å². The van der Waals surface area contributed by atoms with Crippen LogP contribution in [0.5, 0.6) is 0 Å². The quantitative estimate of drug-likeness (QED) is 0.689. The summed E-state index contributed by atoms with van der Waals surface area (Å²) in [5.41, 5.74) is 5.44. The molecule has 84 valence electrons. The molecule has 0 aromatic carbocycles. The van der Waals surface area contributed by atoms with Crippen LogP contribution in [0, 0.1) is 0 Å². The molecule has 1 rings (SSSR count). The minimum absolute atomic E-state index is 0.267. The molecular formula is C8H15F3N2O. The highest BCUT2D eigenvalue weighted by Gasteiger charge is 2.29. The standard InChI is InChI=1S/C8H15F3N2O/c9-8(10,11)14-5-1-3-13-4-2-7(13)6-12/h7H,1-6,12H2. The lowest BCUT2D eigenvalue weighted by Crippen LogP contribution is -2.52. The molecule has 0 aliphatic carbocycles. The molecule has 0 aromatic rings. The molecule has 0 bridgehead atoms. The average molecular weight is 212 g/mol. The summed E-state index contributed by atoms with van der Waals surface area (Å²) in [6.07, 6.45) is -3.05. The lowest BCUT2D eigenvalue weighted by molar-refractivity contribution is -0.324. The van der Waals surface area contributed by atoms with Crippen LogP contribution >= 0.6 is 0 Å². The molecular weight excluding hydrogens is 197 g/mol. The van der Waals surface area contributed by atoms with Gasteiger partial charge in [-0.1, -0.05) is 0 Å². The van der Waals surface area contributed by atoms with E-state index >= 15 is 0 Å². The van der Waals surface area contributed by atoms with Gasteiger partial charge in [-0.25, -0.2) is 0 Å². The van der Waals surface area contributed by atoms with Crippen molar-refractivity contribution in [3.63, 3.8) is 0 Å². The summed E-state index contributed by atoms with van der Waals surface area (Å²) in [5, 5.41) is 0. The van der Waals surface area contributed by atoms with E-state index in [0.29, 0.717) is 25.6 Å². The van der Waals surface area contributed by atoms with E-state index in [4.69, 9.17) is 5.73 Å². The monoisotopic (exact) mass is 212 g/mol. The third-order valence-corrected chi connectivity index (χ3v) is 2.39. The van der Waals surface area contributed by atoms with Gasteiger partial charge in [0.05, 0.1) is 6.61 Å². The molecule has 3 nitrogen and oxygen atoms in total. The fourth-order valence-corrected chi connectivity index (χ4v) is 1.51. The molecule has 1 saturated heterocycles. The van der Waals surface area contributed by atoms with E-state index in [-0.39, 0.29) is 6.61 Å². The van der Waals surface area contributed by atoms with Crippen LogP contribution in [0.3, 0.4) is 0 Å². The van der Waals surface area contributed by atoms with Crippen LogP contribution in [0.25, 0.3) is 0 Å². The SMILES string of the molecule is NCC1CCN1CCCOC(F)(F)F. The van der Waals surface area contributed by atoms with E-state index in [0.717, 1.165) is 13.0 Å². The molecule has 2 N–H and O–H groups in total. The first kappa shape index (κ1) is 11.7. The molecule has 1 fully saturated rings. The van der Waals surface area contributed by atoms with Crippen molar-refractivity contribution in [2.45, 2.75) is 25.2 Å². The fourth-order valence-electron chi connectivity index (χ4n) is 1.51. The van der Waals surface area contributed by atoms with Crippen LogP contribution in [0.4, 0.5) is 13.2 Å². The number of nitrogens with two attached hydrogens (primary N) is 1. The number of hydrogen-bond acceptors (Lipinski definition) is 3. The van der Waals surface area contributed by atoms with Crippen LogP contribution in [-0.2, 0) is 4.74 Å². The molecule has 1 unspecified atom stereocenters. The van der Waals surface area contributed by atoms with Gasteiger partial charge in [0, 0.05) is 25.7 Å². The second-order valence-electron chi connectivity index (χ2n) is 3.36. The summed E-state index contributed by atoms with van der Waals surface area (Å²) in [6, 6.07) is 0.362. The van der Waals surface area contributed by atoms with Crippen molar-refractivity contribution in [1.82, 2.24) is 4.90 Å². The Kier molecular flexibility index (Phi) is 4.15. The summed E-state index contributed by atoms with van der Waals surface area (Å²) in [5.74, 6) is 0. The molecule has 0 aromatic heterocycles. The zero-order valence-electron chi connectivity index (χ0n) is 7.89. The highest BCUT2D eigenvalue weighted by Crippen LogP contribution is 2.18. The van der Waals surface area contributed by atoms with Crippen LogP contribution in [0.15, 0.2) is 0 Å². The van der Waals surface area contributed by atoms with E-state index in [9.17, 15) is 13.2 Å². The van der Waals surface area contributed by atoms with Crippen molar-refractivity contribution in [3.05, 3.63) is 0 Å². The molecule has 1 heterocycles. The second kappa shape index (κ2) is 4.95. The van der Waals surface area contributed by atoms with Gasteiger partial charge < -0.3 is 5.73 Å². The molecule has 1 atom stereocenters. The van der Waals surface area contributed by atoms with Gasteiger partial charge in [0.15, 0.2) is 0 Å². The minimum atomic E-state index is -4.50. The first-order valence-electron chi connectivity index (χ1n) is 4.68. The normalized spacial score (nSPS) is 23.6. The van der Waals surface area contributed by atoms with E-state index < -0.39 is 6.36 Å². The maximum atomic E-state index is 11.6. The lowest BCUT2D eigenvalue weighted by Gasteiger charge is -2.40. The van der Waals surface area contributed by atoms with E-state index in [1.807, 2.05) is 0 Å². The Balaban J connectivity index is 1.99. The molecule has 0 spiro atoms. The number of ether oxygens (including phenoxy) is 1. The number of rotatable bonds is 5. The van der Waals surface area contributed by atoms with Crippen molar-refractivity contribution in [2.75, 3.05) is 26.2 Å². The van der Waals surface area contributed by atoms with Gasteiger partial charge in [-0.3, -0.25) is 9.64 Å². The predicted molar refractivity (Wildman–Crippen MR) is 45.7 cm³/mol. The second-order valence-corrected chi connectivity index (χ2v) is 3.36. The Morgan fingerprint density at radius 2 is 2.14 bits per heavy atom. The van der Waals surface area contributed by atoms with Crippen molar-refractivity contribution < 1.29 is 17.9 Å². The van der Waals surface area contributed by atoms with E-state index in [1.54, 1.807) is 0 Å². The summed E-state index contributed by atoms with van der Waals surface area (Å²) in [7, 11) is 0. The largest absolute Gasteiger partial charge is 0.522 e. The number of likely N-dealkylation sites (tertiary alicyclic amines) is 1. The van der Waals surface area contributed by atoms with E-state index in [1.165, 1.54) is 0 Å². The number of nitrogens with zero attached hydrogens (tertiary/aromatic N) is 1. The Morgan fingerprint density at radius 1 is 1.43 bits per heavy atom. The highest BCUT2D eigenvalue weighted by molar-refractivity contribution is 4.82. The zero-order chi connectivity index (χ0) is 10.6. The van der Waals surface area contributed by atoms with E-state index in [2.05, 4.69) is 9.64 Å². The Bertz CT molecular complexity index is 172. The summed E-state index contributed by atoms with van der Waals surface area (Å²) in [6.45, 7) is 1.89. The first-order valence-corrected chi connectivity index (χ1v) is 4.68. The van der Waals surface area contributed by atoms with Gasteiger partial charge in [0.1, 0.15) is 0 Å². The number of hydrogen-bond donors (Lipinski definition) is 1. The summed E-state index contributed by atoms with van der Waals surface area (Å²) in [4.78, 5) is 2.08. The molecule has 0 radical (unpaired) electrons. The summed E-state index contributed by atoms with van der Waals surface area (Å²) < 4.78 is 38.3. The molecule has 14 heavy (non-hydrogen) atoms. The highest BCUT2D eigenvalue weighted by atomic mass is 19.4. The first-order chi connectivity index (χ1) is 6.53. The van der Waals surface area contributed by atoms with Gasteiger partial charge in [-0.05, 0) is 12.8 Å². The van der Waals surface area contributed by atoms with Gasteiger partial charge in [-0.15, -0.1) is 13.2 Å². The van der Waals surface area contributed by atoms with Crippen LogP contribution in [-0.4, -0.2) is 43.5 Å². The van der Waals surface area contributed by atoms with Crippen LogP contribution < -0.4 is 5.73 Å². The predicted octanol–water partition coefficient (Wildman–Crippen LogP) is 0.946. The van der Waals surface area contributed by atoms with Crippen molar-refractivity contribution in [2.24, 2.45) is 5.73 Å². The number of alkyl halides is 3. The fraction of sp³-hybridized carbons (Fsp3) is 1.00. The molecule has 1 aliphatic rings. The van der Waals surface area contributed by atoms with Gasteiger partial charge in [0.25, 0.3) is 0 Å². The zero-order valence-corrected chi connectivity index (χ0v) is 7.89. The third kappa shape index (κ3) is 3.81. The third-order valence-electron chi connectivity index (χ3n) is 2.39. The minimum Gasteiger partial charge on any atom is -0.329 e. The Morgan fingerprint density at radius 3 is 2.57 bits per heavy atom. The molecule has 1 aliphatic heterocycles. The van der Waals surface area contributed by atoms with Crippen LogP contribution in [0.1, 0.15) is 12.8 Å². The smallest absolute Gasteiger partial charge is 0.329 e. The van der Waals surface area contributed by atoms with Crippen molar-refractivity contribution >= 4 is 0 Å². The average Bonchev–Trinajstić information content (AvgIpc) is 2.00.